The van der Waals surface area contributed by atoms with Gasteiger partial charge in [-0.15, -0.1) is 0 Å². The van der Waals surface area contributed by atoms with Crippen molar-refractivity contribution in [2.24, 2.45) is 0 Å². The summed E-state index contributed by atoms with van der Waals surface area (Å²) in [6.45, 7) is 0. The predicted molar refractivity (Wildman–Crippen MR) is 269 cm³/mol. The lowest BCUT2D eigenvalue weighted by atomic mass is 10.0. The highest BCUT2D eigenvalue weighted by Crippen LogP contribution is 2.43. The van der Waals surface area contributed by atoms with Crippen LogP contribution in [-0.2, 0) is 0 Å². The maximum absolute atomic E-state index is 5.00. The van der Waals surface area contributed by atoms with Crippen molar-refractivity contribution in [3.05, 3.63) is 224 Å². The molecule has 0 fully saturated rings. The molecular formula is C58H37N5S. The Morgan fingerprint density at radius 2 is 0.812 bits per heavy atom. The molecule has 0 bridgehead atoms. The van der Waals surface area contributed by atoms with Gasteiger partial charge in [-0.25, -0.2) is 0 Å². The molecule has 0 radical (unpaired) electrons. The maximum Gasteiger partial charge on any atom is 0.129 e. The summed E-state index contributed by atoms with van der Waals surface area (Å²) in [7, 11) is 0. The Labute approximate surface area is 373 Å². The van der Waals surface area contributed by atoms with E-state index in [4.69, 9.17) is 8.75 Å². The minimum Gasteiger partial charge on any atom is -0.309 e. The van der Waals surface area contributed by atoms with Gasteiger partial charge in [0.25, 0.3) is 0 Å². The Morgan fingerprint density at radius 1 is 0.344 bits per heavy atom. The number of nitrogens with zero attached hydrogens (tertiary/aromatic N) is 5. The third-order valence-corrected chi connectivity index (χ3v) is 13.3. The van der Waals surface area contributed by atoms with Crippen LogP contribution in [0.15, 0.2) is 224 Å². The second-order valence-electron chi connectivity index (χ2n) is 16.3. The lowest BCUT2D eigenvalue weighted by molar-refractivity contribution is 1.17. The largest absolute Gasteiger partial charge is 0.309 e. The van der Waals surface area contributed by atoms with Crippen LogP contribution in [0.3, 0.4) is 0 Å². The van der Waals surface area contributed by atoms with Gasteiger partial charge in [-0.05, 0) is 118 Å². The average molecular weight is 836 g/mol. The highest BCUT2D eigenvalue weighted by molar-refractivity contribution is 7.00. The van der Waals surface area contributed by atoms with E-state index in [1.54, 1.807) is 0 Å². The zero-order valence-corrected chi connectivity index (χ0v) is 35.3. The molecule has 64 heavy (non-hydrogen) atoms. The molecule has 6 heteroatoms. The van der Waals surface area contributed by atoms with Crippen molar-refractivity contribution in [2.75, 3.05) is 4.90 Å². The number of para-hydroxylation sites is 3. The molecule has 0 atom stereocenters. The number of anilines is 3. The zero-order valence-electron chi connectivity index (χ0n) is 34.5. The van der Waals surface area contributed by atoms with Crippen molar-refractivity contribution < 1.29 is 0 Å². The third kappa shape index (κ3) is 5.77. The first kappa shape index (κ1) is 36.3. The highest BCUT2D eigenvalue weighted by Gasteiger charge is 2.22. The number of rotatable bonds is 7. The zero-order chi connectivity index (χ0) is 42.1. The van der Waals surface area contributed by atoms with Gasteiger partial charge in [0.1, 0.15) is 11.0 Å². The molecular weight excluding hydrogens is 799 g/mol. The normalized spacial score (nSPS) is 11.8. The Balaban J connectivity index is 0.918. The van der Waals surface area contributed by atoms with Crippen LogP contribution in [0.2, 0.25) is 0 Å². The van der Waals surface area contributed by atoms with E-state index in [1.165, 1.54) is 77.2 Å². The molecule has 0 unspecified atom stereocenters. The Bertz CT molecular complexity index is 3830. The number of fused-ring (bicyclic) bond motifs is 8. The van der Waals surface area contributed by atoms with Gasteiger partial charge >= 0.3 is 0 Å². The number of hydrogen-bond acceptors (Lipinski definition) is 4. The number of benzene rings is 10. The van der Waals surface area contributed by atoms with Gasteiger partial charge in [0.15, 0.2) is 0 Å². The van der Waals surface area contributed by atoms with Gasteiger partial charge in [-0.2, -0.15) is 8.75 Å². The van der Waals surface area contributed by atoms with Crippen molar-refractivity contribution >= 4 is 94.2 Å². The van der Waals surface area contributed by atoms with E-state index in [1.807, 2.05) is 0 Å². The van der Waals surface area contributed by atoms with Gasteiger partial charge < -0.3 is 14.0 Å². The molecule has 0 spiro atoms. The van der Waals surface area contributed by atoms with E-state index < -0.39 is 0 Å². The molecule has 0 N–H and O–H groups in total. The van der Waals surface area contributed by atoms with E-state index in [-0.39, 0.29) is 0 Å². The van der Waals surface area contributed by atoms with Crippen molar-refractivity contribution in [1.82, 2.24) is 17.9 Å². The smallest absolute Gasteiger partial charge is 0.129 e. The summed E-state index contributed by atoms with van der Waals surface area (Å²) in [5.41, 5.74) is 16.3. The summed E-state index contributed by atoms with van der Waals surface area (Å²) >= 11 is 1.26. The topological polar surface area (TPSA) is 38.9 Å². The average Bonchev–Trinajstić information content (AvgIpc) is 4.08. The summed E-state index contributed by atoms with van der Waals surface area (Å²) < 4.78 is 14.7. The molecule has 0 saturated heterocycles. The standard InChI is InChI=1S/C58H37N5S/c1-2-12-38(13-3-1)39-22-26-43(27-23-39)61(44-30-32-46(33-31-44)62-52-19-9-6-16-48(52)49-17-7-10-20-53(49)62)55-35-34-47(57-58(55)60-64-59-57)40-24-28-45(29-25-40)63-54-21-11-8-18-50(54)51-36-41-14-4-5-15-42(41)37-56(51)63/h1-37H. The van der Waals surface area contributed by atoms with Crippen molar-refractivity contribution in [2.45, 2.75) is 0 Å². The highest BCUT2D eigenvalue weighted by atomic mass is 32.1. The van der Waals surface area contributed by atoms with Crippen LogP contribution in [0.4, 0.5) is 17.1 Å². The quantitative estimate of drug-likeness (QED) is 0.161. The second kappa shape index (κ2) is 14.7. The van der Waals surface area contributed by atoms with Crippen molar-refractivity contribution in [3.63, 3.8) is 0 Å². The van der Waals surface area contributed by atoms with Crippen LogP contribution in [0.25, 0.3) is 99.0 Å². The molecule has 0 amide bonds. The fourth-order valence-corrected chi connectivity index (χ4v) is 10.4. The summed E-state index contributed by atoms with van der Waals surface area (Å²) in [6, 6.07) is 80.8. The number of aromatic nitrogens is 4. The molecule has 300 valence electrons. The van der Waals surface area contributed by atoms with Gasteiger partial charge in [-0.1, -0.05) is 133 Å². The first-order valence-corrected chi connectivity index (χ1v) is 22.3. The minimum atomic E-state index is 0.861. The van der Waals surface area contributed by atoms with Gasteiger partial charge in [-0.3, -0.25) is 0 Å². The van der Waals surface area contributed by atoms with E-state index in [0.717, 1.165) is 50.6 Å². The van der Waals surface area contributed by atoms with Crippen molar-refractivity contribution in [3.8, 4) is 33.6 Å². The predicted octanol–water partition coefficient (Wildman–Crippen LogP) is 15.8. The molecule has 0 aliphatic rings. The molecule has 10 aromatic carbocycles. The van der Waals surface area contributed by atoms with Crippen LogP contribution < -0.4 is 4.90 Å². The van der Waals surface area contributed by atoms with E-state index in [0.29, 0.717) is 0 Å². The van der Waals surface area contributed by atoms with E-state index >= 15 is 0 Å². The molecule has 13 rings (SSSR count). The van der Waals surface area contributed by atoms with Gasteiger partial charge in [0, 0.05) is 49.9 Å². The van der Waals surface area contributed by atoms with Crippen LogP contribution >= 0.6 is 11.7 Å². The van der Waals surface area contributed by atoms with Gasteiger partial charge in [0.2, 0.25) is 0 Å². The Kier molecular flexibility index (Phi) is 8.32. The van der Waals surface area contributed by atoms with Crippen LogP contribution in [0, 0.1) is 0 Å². The maximum atomic E-state index is 5.00. The van der Waals surface area contributed by atoms with E-state index in [2.05, 4.69) is 238 Å². The lowest BCUT2D eigenvalue weighted by Crippen LogP contribution is -2.11. The molecule has 3 aromatic heterocycles. The summed E-state index contributed by atoms with van der Waals surface area (Å²) in [6.07, 6.45) is 0. The minimum absolute atomic E-state index is 0.861. The first-order chi connectivity index (χ1) is 31.7. The lowest BCUT2D eigenvalue weighted by Gasteiger charge is -2.26. The SMILES string of the molecule is c1ccc(-c2ccc(N(c3ccc(-n4c5ccccc5c5ccccc54)cc3)c3ccc(-c4ccc(-n5c6ccccc6c6cc7ccccc7cc65)cc4)c4nsnc34)cc2)cc1. The molecule has 3 heterocycles. The number of hydrogen-bond donors (Lipinski definition) is 0. The van der Waals surface area contributed by atoms with Crippen LogP contribution in [0.1, 0.15) is 0 Å². The summed E-state index contributed by atoms with van der Waals surface area (Å²) in [5.74, 6) is 0. The van der Waals surface area contributed by atoms with Crippen molar-refractivity contribution in [1.29, 1.82) is 0 Å². The van der Waals surface area contributed by atoms with E-state index in [9.17, 15) is 0 Å². The van der Waals surface area contributed by atoms with Crippen LogP contribution in [0.5, 0.6) is 0 Å². The summed E-state index contributed by atoms with van der Waals surface area (Å²) in [5, 5.41) is 7.47. The Hall–Kier alpha value is -8.32. The fraction of sp³-hybridized carbons (Fsp3) is 0. The molecule has 13 aromatic rings. The Morgan fingerprint density at radius 3 is 1.45 bits per heavy atom. The second-order valence-corrected chi connectivity index (χ2v) is 16.9. The van der Waals surface area contributed by atoms with Crippen LogP contribution in [-0.4, -0.2) is 17.9 Å². The molecule has 0 saturated carbocycles. The molecule has 0 aliphatic carbocycles. The first-order valence-electron chi connectivity index (χ1n) is 21.6. The summed E-state index contributed by atoms with van der Waals surface area (Å²) in [4.78, 5) is 2.31. The monoisotopic (exact) mass is 835 g/mol. The molecule has 0 aliphatic heterocycles. The third-order valence-electron chi connectivity index (χ3n) is 12.8. The van der Waals surface area contributed by atoms with Gasteiger partial charge in [0.05, 0.1) is 39.5 Å². The molecule has 5 nitrogen and oxygen atoms in total. The fourth-order valence-electron chi connectivity index (χ4n) is 9.80.